The fourth-order valence-electron chi connectivity index (χ4n) is 2.29. The van der Waals surface area contributed by atoms with Gasteiger partial charge in [-0.1, -0.05) is 0 Å². The molecule has 1 fully saturated rings. The molecule has 1 aliphatic heterocycles. The van der Waals surface area contributed by atoms with E-state index in [0.29, 0.717) is 10.8 Å². The lowest BCUT2D eigenvalue weighted by molar-refractivity contribution is 0.0795. The van der Waals surface area contributed by atoms with Crippen molar-refractivity contribution in [3.63, 3.8) is 0 Å². The normalized spacial score (nSPS) is 19.4. The summed E-state index contributed by atoms with van der Waals surface area (Å²) in [4.78, 5) is 26.3. The van der Waals surface area contributed by atoms with Crippen molar-refractivity contribution in [2.24, 2.45) is 0 Å². The van der Waals surface area contributed by atoms with E-state index >= 15 is 0 Å². The molecule has 94 valence electrons. The van der Waals surface area contributed by atoms with Gasteiger partial charge in [-0.2, -0.15) is 0 Å². The molecule has 0 bridgehead atoms. The lowest BCUT2D eigenvalue weighted by Gasteiger charge is -2.14. The molecule has 0 spiro atoms. The first-order chi connectivity index (χ1) is 8.74. The molecule has 3 rings (SSSR count). The number of thiazole rings is 1. The number of aromatic amines is 1. The first-order valence-electron chi connectivity index (χ1n) is 5.93. The summed E-state index contributed by atoms with van der Waals surface area (Å²) in [5.74, 6) is 1.41. The van der Waals surface area contributed by atoms with E-state index in [1.807, 2.05) is 18.0 Å². The Labute approximate surface area is 109 Å². The molecule has 2 aromatic rings. The standard InChI is InChI=1S/C12H14N4OS/c1-8-4-14-11(15-8)9-2-3-16(6-9)12(17)10-5-13-7-18-10/h4-5,7,9H,2-3,6H2,1H3,(H,14,15)/t9-/m1/s1. The Morgan fingerprint density at radius 1 is 1.56 bits per heavy atom. The number of carbonyl (C=O) groups is 1. The molecule has 3 heterocycles. The topological polar surface area (TPSA) is 61.9 Å². The van der Waals surface area contributed by atoms with Gasteiger partial charge in [-0.3, -0.25) is 9.78 Å². The number of hydrogen-bond donors (Lipinski definition) is 1. The first kappa shape index (κ1) is 11.4. The van der Waals surface area contributed by atoms with Gasteiger partial charge in [0.25, 0.3) is 5.91 Å². The minimum Gasteiger partial charge on any atom is -0.346 e. The Bertz CT molecular complexity index is 548. The number of hydrogen-bond acceptors (Lipinski definition) is 4. The average molecular weight is 262 g/mol. The third-order valence-electron chi connectivity index (χ3n) is 3.23. The molecule has 1 saturated heterocycles. The maximum atomic E-state index is 12.2. The minimum atomic E-state index is 0.0864. The maximum Gasteiger partial charge on any atom is 0.265 e. The minimum absolute atomic E-state index is 0.0864. The lowest BCUT2D eigenvalue weighted by atomic mass is 10.1. The van der Waals surface area contributed by atoms with Crippen LogP contribution in [0, 0.1) is 6.92 Å². The van der Waals surface area contributed by atoms with Crippen LogP contribution in [0.15, 0.2) is 17.9 Å². The van der Waals surface area contributed by atoms with Gasteiger partial charge in [0.05, 0.1) is 11.7 Å². The molecular formula is C12H14N4OS. The molecule has 18 heavy (non-hydrogen) atoms. The second-order valence-electron chi connectivity index (χ2n) is 4.55. The SMILES string of the molecule is Cc1cnc([C@@H]2CCN(C(=O)c3cncs3)C2)[nH]1. The summed E-state index contributed by atoms with van der Waals surface area (Å²) in [5.41, 5.74) is 2.76. The Morgan fingerprint density at radius 2 is 2.44 bits per heavy atom. The van der Waals surface area contributed by atoms with E-state index in [1.165, 1.54) is 11.3 Å². The summed E-state index contributed by atoms with van der Waals surface area (Å²) in [6.07, 6.45) is 4.44. The number of likely N-dealkylation sites (tertiary alicyclic amines) is 1. The zero-order chi connectivity index (χ0) is 12.5. The molecule has 1 atom stereocenters. The summed E-state index contributed by atoms with van der Waals surface area (Å²) >= 11 is 1.39. The predicted molar refractivity (Wildman–Crippen MR) is 68.7 cm³/mol. The van der Waals surface area contributed by atoms with E-state index < -0.39 is 0 Å². The van der Waals surface area contributed by atoms with Crippen molar-refractivity contribution < 1.29 is 4.79 Å². The van der Waals surface area contributed by atoms with E-state index in [9.17, 15) is 4.79 Å². The predicted octanol–water partition coefficient (Wildman–Crippen LogP) is 1.80. The number of nitrogens with zero attached hydrogens (tertiary/aromatic N) is 3. The van der Waals surface area contributed by atoms with Crippen molar-refractivity contribution >= 4 is 17.2 Å². The Hall–Kier alpha value is -1.69. The van der Waals surface area contributed by atoms with Gasteiger partial charge in [0.15, 0.2) is 0 Å². The van der Waals surface area contributed by atoms with Crippen LogP contribution in [0.5, 0.6) is 0 Å². The maximum absolute atomic E-state index is 12.2. The first-order valence-corrected chi connectivity index (χ1v) is 6.81. The number of H-pyrrole nitrogens is 1. The Morgan fingerprint density at radius 3 is 3.11 bits per heavy atom. The summed E-state index contributed by atoms with van der Waals surface area (Å²) in [7, 11) is 0. The third-order valence-corrected chi connectivity index (χ3v) is 3.99. The van der Waals surface area contributed by atoms with Crippen LogP contribution in [0.3, 0.4) is 0 Å². The van der Waals surface area contributed by atoms with Gasteiger partial charge in [-0.15, -0.1) is 11.3 Å². The second kappa shape index (κ2) is 4.53. The molecule has 0 radical (unpaired) electrons. The fourth-order valence-corrected chi connectivity index (χ4v) is 2.87. The van der Waals surface area contributed by atoms with Gasteiger partial charge in [-0.25, -0.2) is 4.98 Å². The summed E-state index contributed by atoms with van der Waals surface area (Å²) in [5, 5.41) is 0. The van der Waals surface area contributed by atoms with E-state index in [-0.39, 0.29) is 5.91 Å². The zero-order valence-corrected chi connectivity index (χ0v) is 10.9. The van der Waals surface area contributed by atoms with Crippen LogP contribution in [0.25, 0.3) is 0 Å². The number of carbonyl (C=O) groups excluding carboxylic acids is 1. The fraction of sp³-hybridized carbons (Fsp3) is 0.417. The van der Waals surface area contributed by atoms with Crippen LogP contribution < -0.4 is 0 Å². The number of aryl methyl sites for hydroxylation is 1. The van der Waals surface area contributed by atoms with E-state index in [0.717, 1.165) is 31.0 Å². The average Bonchev–Trinajstić information content (AvgIpc) is 3.09. The van der Waals surface area contributed by atoms with Crippen LogP contribution in [-0.2, 0) is 0 Å². The van der Waals surface area contributed by atoms with Gasteiger partial charge >= 0.3 is 0 Å². The molecular weight excluding hydrogens is 248 g/mol. The number of aromatic nitrogens is 3. The molecule has 2 aromatic heterocycles. The van der Waals surface area contributed by atoms with Crippen LogP contribution >= 0.6 is 11.3 Å². The molecule has 1 N–H and O–H groups in total. The van der Waals surface area contributed by atoms with Crippen LogP contribution in [0.2, 0.25) is 0 Å². The quantitative estimate of drug-likeness (QED) is 0.897. The highest BCUT2D eigenvalue weighted by Crippen LogP contribution is 2.26. The third kappa shape index (κ3) is 2.03. The molecule has 0 aromatic carbocycles. The molecule has 0 aliphatic carbocycles. The molecule has 5 nitrogen and oxygen atoms in total. The van der Waals surface area contributed by atoms with Crippen LogP contribution in [0.4, 0.5) is 0 Å². The van der Waals surface area contributed by atoms with Gasteiger partial charge in [0.1, 0.15) is 10.7 Å². The molecule has 0 saturated carbocycles. The van der Waals surface area contributed by atoms with Gasteiger partial charge in [0.2, 0.25) is 0 Å². The second-order valence-corrected chi connectivity index (χ2v) is 5.44. The van der Waals surface area contributed by atoms with Crippen molar-refractivity contribution in [1.29, 1.82) is 0 Å². The highest BCUT2D eigenvalue weighted by Gasteiger charge is 2.29. The molecule has 6 heteroatoms. The number of rotatable bonds is 2. The van der Waals surface area contributed by atoms with Crippen molar-refractivity contribution in [2.45, 2.75) is 19.3 Å². The van der Waals surface area contributed by atoms with Crippen molar-refractivity contribution in [3.8, 4) is 0 Å². The van der Waals surface area contributed by atoms with E-state index in [4.69, 9.17) is 0 Å². The summed E-state index contributed by atoms with van der Waals surface area (Å²) in [6, 6.07) is 0. The van der Waals surface area contributed by atoms with Gasteiger partial charge in [0, 0.05) is 30.9 Å². The van der Waals surface area contributed by atoms with E-state index in [2.05, 4.69) is 15.0 Å². The lowest BCUT2D eigenvalue weighted by Crippen LogP contribution is -2.27. The summed E-state index contributed by atoms with van der Waals surface area (Å²) < 4.78 is 0. The Kier molecular flexibility index (Phi) is 2.87. The van der Waals surface area contributed by atoms with E-state index in [1.54, 1.807) is 11.7 Å². The largest absolute Gasteiger partial charge is 0.346 e. The monoisotopic (exact) mass is 262 g/mol. The highest BCUT2D eigenvalue weighted by atomic mass is 32.1. The number of amides is 1. The summed E-state index contributed by atoms with van der Waals surface area (Å²) in [6.45, 7) is 3.52. The zero-order valence-electron chi connectivity index (χ0n) is 10.1. The number of nitrogens with one attached hydrogen (secondary N) is 1. The smallest absolute Gasteiger partial charge is 0.265 e. The molecule has 0 unspecified atom stereocenters. The highest BCUT2D eigenvalue weighted by molar-refractivity contribution is 7.11. The van der Waals surface area contributed by atoms with Crippen LogP contribution in [-0.4, -0.2) is 38.8 Å². The Balaban J connectivity index is 1.70. The van der Waals surface area contributed by atoms with Crippen LogP contribution in [0.1, 0.15) is 33.5 Å². The van der Waals surface area contributed by atoms with Crippen molar-refractivity contribution in [1.82, 2.24) is 19.9 Å². The van der Waals surface area contributed by atoms with Gasteiger partial charge < -0.3 is 9.88 Å². The number of imidazole rings is 1. The van der Waals surface area contributed by atoms with Gasteiger partial charge in [-0.05, 0) is 13.3 Å². The molecule has 1 aliphatic rings. The van der Waals surface area contributed by atoms with Crippen molar-refractivity contribution in [3.05, 3.63) is 34.3 Å². The van der Waals surface area contributed by atoms with Crippen molar-refractivity contribution in [2.75, 3.05) is 13.1 Å². The molecule has 1 amide bonds.